The van der Waals surface area contributed by atoms with Crippen LogP contribution in [0.15, 0.2) is 59.6 Å². The molecule has 0 fully saturated rings. The molecule has 0 saturated heterocycles. The van der Waals surface area contributed by atoms with E-state index in [1.165, 1.54) is 23.3 Å². The third kappa shape index (κ3) is 9.91. The number of nitrogens with zero attached hydrogens (tertiary/aromatic N) is 1. The van der Waals surface area contributed by atoms with Crippen LogP contribution in [0, 0.1) is 0 Å². The van der Waals surface area contributed by atoms with E-state index in [-0.39, 0.29) is 24.0 Å². The van der Waals surface area contributed by atoms with Gasteiger partial charge < -0.3 is 15.4 Å². The summed E-state index contributed by atoms with van der Waals surface area (Å²) in [5, 5.41) is 6.70. The van der Waals surface area contributed by atoms with Crippen molar-refractivity contribution in [2.75, 3.05) is 25.6 Å². The first-order valence-electron chi connectivity index (χ1n) is 9.01. The highest BCUT2D eigenvalue weighted by molar-refractivity contribution is 14.0. The van der Waals surface area contributed by atoms with Gasteiger partial charge in [0.15, 0.2) is 5.96 Å². The van der Waals surface area contributed by atoms with Gasteiger partial charge in [0.05, 0.1) is 0 Å². The van der Waals surface area contributed by atoms with E-state index < -0.39 is 0 Å². The van der Waals surface area contributed by atoms with E-state index in [4.69, 9.17) is 4.74 Å². The maximum atomic E-state index is 5.82. The first-order valence-corrected chi connectivity index (χ1v) is 10.4. The minimum atomic E-state index is 0. The van der Waals surface area contributed by atoms with E-state index in [0.29, 0.717) is 6.61 Å². The third-order valence-corrected chi connectivity index (χ3v) is 4.62. The highest BCUT2D eigenvalue weighted by Crippen LogP contribution is 2.14. The monoisotopic (exact) mass is 499 g/mol. The fraction of sp³-hybridized carbons (Fsp3) is 0.381. The van der Waals surface area contributed by atoms with Crippen LogP contribution in [0.5, 0.6) is 5.75 Å². The average molecular weight is 499 g/mol. The number of halogens is 1. The van der Waals surface area contributed by atoms with Gasteiger partial charge in [0, 0.05) is 20.1 Å². The second kappa shape index (κ2) is 14.6. The Kier molecular flexibility index (Phi) is 12.8. The van der Waals surface area contributed by atoms with Gasteiger partial charge >= 0.3 is 0 Å². The van der Waals surface area contributed by atoms with Crippen LogP contribution in [0.1, 0.15) is 24.0 Å². The standard InChI is InChI=1S/C21H29N3OS.HI/c1-22-21(23-14-6-7-15-26-2)24-16-18-10-12-20(13-11-18)25-17-19-8-4-3-5-9-19;/h3-5,8-13H,6-7,14-17H2,1-2H3,(H2,22,23,24);1H. The topological polar surface area (TPSA) is 45.7 Å². The fourth-order valence-corrected chi connectivity index (χ4v) is 2.92. The van der Waals surface area contributed by atoms with E-state index >= 15 is 0 Å². The van der Waals surface area contributed by atoms with Gasteiger partial charge in [-0.15, -0.1) is 24.0 Å². The quantitative estimate of drug-likeness (QED) is 0.216. The minimum absolute atomic E-state index is 0. The number of hydrogen-bond donors (Lipinski definition) is 2. The number of aliphatic imine (C=N–C) groups is 1. The lowest BCUT2D eigenvalue weighted by Gasteiger charge is -2.12. The molecule has 0 amide bonds. The molecule has 6 heteroatoms. The molecule has 2 N–H and O–H groups in total. The maximum absolute atomic E-state index is 5.82. The Morgan fingerprint density at radius 2 is 1.70 bits per heavy atom. The Bertz CT molecular complexity index is 650. The van der Waals surface area contributed by atoms with E-state index in [1.807, 2.05) is 42.1 Å². The molecule has 4 nitrogen and oxygen atoms in total. The summed E-state index contributed by atoms with van der Waals surface area (Å²) < 4.78 is 5.82. The van der Waals surface area contributed by atoms with Crippen molar-refractivity contribution >= 4 is 41.7 Å². The lowest BCUT2D eigenvalue weighted by Crippen LogP contribution is -2.37. The van der Waals surface area contributed by atoms with Gasteiger partial charge in [0.2, 0.25) is 0 Å². The van der Waals surface area contributed by atoms with Crippen molar-refractivity contribution in [3.8, 4) is 5.75 Å². The second-order valence-corrected chi connectivity index (χ2v) is 6.96. The molecule has 0 spiro atoms. The molecule has 0 aliphatic rings. The van der Waals surface area contributed by atoms with Gasteiger partial charge in [-0.05, 0) is 48.1 Å². The summed E-state index contributed by atoms with van der Waals surface area (Å²) >= 11 is 1.89. The number of benzene rings is 2. The van der Waals surface area contributed by atoms with Gasteiger partial charge in [-0.25, -0.2) is 0 Å². The number of thioether (sulfide) groups is 1. The molecule has 0 bridgehead atoms. The van der Waals surface area contributed by atoms with Gasteiger partial charge in [-0.2, -0.15) is 11.8 Å². The van der Waals surface area contributed by atoms with E-state index in [2.05, 4.69) is 46.1 Å². The zero-order valence-corrected chi connectivity index (χ0v) is 19.3. The van der Waals surface area contributed by atoms with Crippen LogP contribution in [0.25, 0.3) is 0 Å². The highest BCUT2D eigenvalue weighted by Gasteiger charge is 2.00. The minimum Gasteiger partial charge on any atom is -0.489 e. The number of rotatable bonds is 10. The van der Waals surface area contributed by atoms with E-state index in [9.17, 15) is 0 Å². The molecule has 27 heavy (non-hydrogen) atoms. The van der Waals surface area contributed by atoms with Crippen LogP contribution in [-0.4, -0.2) is 31.6 Å². The highest BCUT2D eigenvalue weighted by atomic mass is 127. The van der Waals surface area contributed by atoms with Crippen molar-refractivity contribution in [3.05, 3.63) is 65.7 Å². The summed E-state index contributed by atoms with van der Waals surface area (Å²) in [5.41, 5.74) is 2.37. The van der Waals surface area contributed by atoms with Gasteiger partial charge in [-0.3, -0.25) is 4.99 Å². The van der Waals surface area contributed by atoms with Crippen LogP contribution >= 0.6 is 35.7 Å². The third-order valence-electron chi connectivity index (χ3n) is 3.92. The number of nitrogens with one attached hydrogen (secondary N) is 2. The summed E-state index contributed by atoms with van der Waals surface area (Å²) in [4.78, 5) is 4.27. The lowest BCUT2D eigenvalue weighted by atomic mass is 10.2. The molecule has 0 aliphatic carbocycles. The molecule has 0 unspecified atom stereocenters. The molecule has 0 radical (unpaired) electrons. The summed E-state index contributed by atoms with van der Waals surface area (Å²) in [7, 11) is 1.80. The van der Waals surface area contributed by atoms with E-state index in [0.717, 1.165) is 31.2 Å². The van der Waals surface area contributed by atoms with Crippen molar-refractivity contribution in [1.82, 2.24) is 10.6 Å². The molecular formula is C21H30IN3OS. The van der Waals surface area contributed by atoms with Crippen molar-refractivity contribution in [3.63, 3.8) is 0 Å². The Labute approximate surface area is 184 Å². The predicted octanol–water partition coefficient (Wildman–Crippen LogP) is 4.69. The fourth-order valence-electron chi connectivity index (χ4n) is 2.43. The number of unbranched alkanes of at least 4 members (excludes halogenated alkanes) is 1. The molecule has 148 valence electrons. The van der Waals surface area contributed by atoms with Crippen LogP contribution < -0.4 is 15.4 Å². The van der Waals surface area contributed by atoms with Crippen molar-refractivity contribution in [2.45, 2.75) is 26.0 Å². The molecule has 0 saturated carbocycles. The summed E-state index contributed by atoms with van der Waals surface area (Å²) in [5.74, 6) is 2.94. The second-order valence-electron chi connectivity index (χ2n) is 5.97. The van der Waals surface area contributed by atoms with Gasteiger partial charge in [-0.1, -0.05) is 42.5 Å². The summed E-state index contributed by atoms with van der Waals surface area (Å²) in [6, 6.07) is 18.4. The molecule has 0 heterocycles. The van der Waals surface area contributed by atoms with Crippen LogP contribution in [-0.2, 0) is 13.2 Å². The Morgan fingerprint density at radius 3 is 2.37 bits per heavy atom. The molecule has 0 atom stereocenters. The van der Waals surface area contributed by atoms with Gasteiger partial charge in [0.1, 0.15) is 12.4 Å². The zero-order chi connectivity index (χ0) is 18.5. The van der Waals surface area contributed by atoms with Crippen molar-refractivity contribution < 1.29 is 4.74 Å². The average Bonchev–Trinajstić information content (AvgIpc) is 2.70. The van der Waals surface area contributed by atoms with Crippen molar-refractivity contribution in [1.29, 1.82) is 0 Å². The smallest absolute Gasteiger partial charge is 0.191 e. The Balaban J connectivity index is 0.00000364. The molecule has 2 rings (SSSR count). The SMILES string of the molecule is CN=C(NCCCCSC)NCc1ccc(OCc2ccccc2)cc1.I. The maximum Gasteiger partial charge on any atom is 0.191 e. The lowest BCUT2D eigenvalue weighted by molar-refractivity contribution is 0.306. The molecule has 0 aliphatic heterocycles. The summed E-state index contributed by atoms with van der Waals surface area (Å²) in [6.45, 7) is 2.28. The molecular weight excluding hydrogens is 469 g/mol. The van der Waals surface area contributed by atoms with Crippen LogP contribution in [0.4, 0.5) is 0 Å². The largest absolute Gasteiger partial charge is 0.489 e. The normalized spacial score (nSPS) is 10.8. The van der Waals surface area contributed by atoms with Crippen LogP contribution in [0.2, 0.25) is 0 Å². The zero-order valence-electron chi connectivity index (χ0n) is 16.1. The molecule has 2 aromatic rings. The Hall–Kier alpha value is -1.41. The molecule has 0 aromatic heterocycles. The predicted molar refractivity (Wildman–Crippen MR) is 128 cm³/mol. The first-order chi connectivity index (χ1) is 12.8. The number of hydrogen-bond acceptors (Lipinski definition) is 3. The van der Waals surface area contributed by atoms with Crippen LogP contribution in [0.3, 0.4) is 0 Å². The van der Waals surface area contributed by atoms with E-state index in [1.54, 1.807) is 7.05 Å². The number of guanidine groups is 1. The van der Waals surface area contributed by atoms with Gasteiger partial charge in [0.25, 0.3) is 0 Å². The number of ether oxygens (including phenoxy) is 1. The molecule has 2 aromatic carbocycles. The first kappa shape index (κ1) is 23.6. The van der Waals surface area contributed by atoms with Crippen molar-refractivity contribution in [2.24, 2.45) is 4.99 Å². The Morgan fingerprint density at radius 1 is 0.963 bits per heavy atom. The summed E-state index contributed by atoms with van der Waals surface area (Å²) in [6.07, 6.45) is 4.54.